The summed E-state index contributed by atoms with van der Waals surface area (Å²) in [6.45, 7) is 1.84. The van der Waals surface area contributed by atoms with Crippen LogP contribution in [-0.4, -0.2) is 41.5 Å². The van der Waals surface area contributed by atoms with Crippen molar-refractivity contribution in [2.24, 2.45) is 11.1 Å². The number of likely N-dealkylation sites (tertiary alicyclic amines) is 1. The maximum atomic E-state index is 15.2. The van der Waals surface area contributed by atoms with Gasteiger partial charge in [0, 0.05) is 24.3 Å². The summed E-state index contributed by atoms with van der Waals surface area (Å²) in [6.07, 6.45) is 0.780. The second kappa shape index (κ2) is 9.03. The van der Waals surface area contributed by atoms with Gasteiger partial charge in [-0.25, -0.2) is 4.39 Å². The minimum atomic E-state index is -4.82. The Morgan fingerprint density at radius 3 is 2.41 bits per heavy atom. The molecule has 2 unspecified atom stereocenters. The molecule has 2 heterocycles. The first kappa shape index (κ1) is 25.3. The number of alkyl halides is 4. The Balaban J connectivity index is 1.48. The molecule has 184 valence electrons. The quantitative estimate of drug-likeness (QED) is 0.298. The number of amides is 1. The lowest BCUT2D eigenvalue weighted by Crippen LogP contribution is -2.61. The zero-order valence-corrected chi connectivity index (χ0v) is 20.3. The molecule has 4 nitrogen and oxygen atoms in total. The molecule has 0 N–H and O–H groups in total. The van der Waals surface area contributed by atoms with Crippen LogP contribution in [0.5, 0.6) is 0 Å². The van der Waals surface area contributed by atoms with Crippen LogP contribution in [0.2, 0.25) is 15.1 Å². The zero-order valence-electron chi connectivity index (χ0n) is 18.1. The van der Waals surface area contributed by atoms with Crippen LogP contribution in [0.25, 0.3) is 0 Å². The van der Waals surface area contributed by atoms with Crippen LogP contribution >= 0.6 is 34.8 Å². The number of benzene rings is 1. The maximum Gasteiger partial charge on any atom is 0.435 e. The molecule has 2 atom stereocenters. The SMILES string of the molecule is CCCC(=O)N1CC(F)(C2=CCC(C3=NOC(c4cc(Cl)c(Cl)c(Cl)c4)(C(F)(F)F)C3)C=C2)C1. The molecule has 1 aromatic rings. The number of halogens is 7. The first-order valence-corrected chi connectivity index (χ1v) is 11.9. The summed E-state index contributed by atoms with van der Waals surface area (Å²) in [7, 11) is 0. The molecule has 0 radical (unpaired) electrons. The third-order valence-electron chi connectivity index (χ3n) is 6.40. The van der Waals surface area contributed by atoms with Crippen molar-refractivity contribution in [3.05, 3.63) is 56.6 Å². The molecule has 4 rings (SSSR count). The second-order valence-electron chi connectivity index (χ2n) is 8.76. The van der Waals surface area contributed by atoms with Crippen molar-refractivity contribution < 1.29 is 27.2 Å². The molecule has 0 aromatic heterocycles. The van der Waals surface area contributed by atoms with Crippen molar-refractivity contribution >= 4 is 46.4 Å². The molecule has 1 aliphatic carbocycles. The van der Waals surface area contributed by atoms with Crippen LogP contribution < -0.4 is 0 Å². The normalized spacial score (nSPS) is 26.0. The third kappa shape index (κ3) is 4.33. The van der Waals surface area contributed by atoms with Gasteiger partial charge in [-0.2, -0.15) is 13.2 Å². The number of hydrogen-bond donors (Lipinski definition) is 0. The van der Waals surface area contributed by atoms with E-state index in [1.54, 1.807) is 18.2 Å². The van der Waals surface area contributed by atoms with E-state index in [1.165, 1.54) is 4.90 Å². The fourth-order valence-corrected chi connectivity index (χ4v) is 5.00. The summed E-state index contributed by atoms with van der Waals surface area (Å²) in [5, 5.41) is 3.45. The van der Waals surface area contributed by atoms with Crippen molar-refractivity contribution in [1.29, 1.82) is 0 Å². The highest BCUT2D eigenvalue weighted by molar-refractivity contribution is 6.48. The Labute approximate surface area is 209 Å². The van der Waals surface area contributed by atoms with Gasteiger partial charge < -0.3 is 9.74 Å². The highest BCUT2D eigenvalue weighted by Crippen LogP contribution is 2.51. The molecule has 11 heteroatoms. The van der Waals surface area contributed by atoms with E-state index in [0.29, 0.717) is 18.4 Å². The largest absolute Gasteiger partial charge is 0.435 e. The van der Waals surface area contributed by atoms with Crippen molar-refractivity contribution in [3.8, 4) is 0 Å². The van der Waals surface area contributed by atoms with Crippen LogP contribution in [0.3, 0.4) is 0 Å². The molecular weight excluding hydrogens is 519 g/mol. The summed E-state index contributed by atoms with van der Waals surface area (Å²) < 4.78 is 57.8. The Morgan fingerprint density at radius 1 is 1.24 bits per heavy atom. The summed E-state index contributed by atoms with van der Waals surface area (Å²) in [6, 6.07) is 2.15. The third-order valence-corrected chi connectivity index (χ3v) is 7.60. The van der Waals surface area contributed by atoms with E-state index < -0.39 is 29.8 Å². The summed E-state index contributed by atoms with van der Waals surface area (Å²) in [4.78, 5) is 18.4. The van der Waals surface area contributed by atoms with Crippen molar-refractivity contribution in [2.75, 3.05) is 13.1 Å². The van der Waals surface area contributed by atoms with Crippen LogP contribution in [0.1, 0.15) is 38.2 Å². The number of rotatable bonds is 5. The maximum absolute atomic E-state index is 15.2. The van der Waals surface area contributed by atoms with Gasteiger partial charge in [0.05, 0.1) is 33.9 Å². The van der Waals surface area contributed by atoms with Gasteiger partial charge in [-0.1, -0.05) is 65.1 Å². The van der Waals surface area contributed by atoms with Gasteiger partial charge in [-0.15, -0.1) is 0 Å². The van der Waals surface area contributed by atoms with Crippen molar-refractivity contribution in [1.82, 2.24) is 4.90 Å². The van der Waals surface area contributed by atoms with Gasteiger partial charge in [-0.3, -0.25) is 4.79 Å². The molecule has 0 spiro atoms. The van der Waals surface area contributed by atoms with E-state index in [2.05, 4.69) is 5.16 Å². The van der Waals surface area contributed by atoms with Gasteiger partial charge in [-0.05, 0) is 30.5 Å². The molecule has 1 saturated heterocycles. The van der Waals surface area contributed by atoms with Gasteiger partial charge in [0.25, 0.3) is 5.60 Å². The van der Waals surface area contributed by atoms with E-state index in [9.17, 15) is 18.0 Å². The molecule has 0 saturated carbocycles. The lowest BCUT2D eigenvalue weighted by molar-refractivity contribution is -0.275. The number of carbonyl (C=O) groups is 1. The lowest BCUT2D eigenvalue weighted by Gasteiger charge is -2.46. The molecule has 2 aliphatic heterocycles. The van der Waals surface area contributed by atoms with Gasteiger partial charge in [0.15, 0.2) is 5.67 Å². The Kier molecular flexibility index (Phi) is 6.72. The Bertz CT molecular complexity index is 1070. The fourth-order valence-electron chi connectivity index (χ4n) is 4.40. The number of hydrogen-bond acceptors (Lipinski definition) is 3. The monoisotopic (exact) mass is 538 g/mol. The second-order valence-corrected chi connectivity index (χ2v) is 9.95. The molecule has 1 aromatic carbocycles. The highest BCUT2D eigenvalue weighted by atomic mass is 35.5. The van der Waals surface area contributed by atoms with E-state index in [0.717, 1.165) is 12.1 Å². The fraction of sp³-hybridized carbons (Fsp3) is 0.478. The van der Waals surface area contributed by atoms with Crippen LogP contribution in [0.4, 0.5) is 17.6 Å². The van der Waals surface area contributed by atoms with Crippen molar-refractivity contribution in [3.63, 3.8) is 0 Å². The first-order valence-electron chi connectivity index (χ1n) is 10.7. The molecule has 34 heavy (non-hydrogen) atoms. The number of nitrogens with zero attached hydrogens (tertiary/aromatic N) is 2. The zero-order chi connectivity index (χ0) is 24.9. The molecule has 0 bridgehead atoms. The van der Waals surface area contributed by atoms with Gasteiger partial charge in [0.1, 0.15) is 0 Å². The Hall–Kier alpha value is -1.77. The molecule has 1 amide bonds. The average Bonchev–Trinajstić information content (AvgIpc) is 3.22. The highest BCUT2D eigenvalue weighted by Gasteiger charge is 2.63. The number of oxime groups is 1. The van der Waals surface area contributed by atoms with Gasteiger partial charge in [0.2, 0.25) is 5.91 Å². The predicted octanol–water partition coefficient (Wildman–Crippen LogP) is 7.03. The van der Waals surface area contributed by atoms with E-state index in [4.69, 9.17) is 39.6 Å². The minimum absolute atomic E-state index is 0.0218. The minimum Gasteiger partial charge on any atom is -0.374 e. The summed E-state index contributed by atoms with van der Waals surface area (Å²) >= 11 is 17.8. The summed E-state index contributed by atoms with van der Waals surface area (Å²) in [5.74, 6) is -0.579. The van der Waals surface area contributed by atoms with Crippen LogP contribution in [0, 0.1) is 5.92 Å². The molecule has 3 aliphatic rings. The molecule has 1 fully saturated rings. The van der Waals surface area contributed by atoms with E-state index >= 15 is 4.39 Å². The standard InChI is InChI=1S/C23H21Cl3F4N2O2/c1-2-3-19(33)32-11-21(27,12-32)14-6-4-13(5-7-14)18-10-22(34-31-18,23(28,29)30)15-8-16(24)20(26)17(25)9-15/h4,6-9,13H,2-3,5,10-12H2,1H3. The number of carbonyl (C=O) groups excluding carboxylic acids is 1. The topological polar surface area (TPSA) is 41.9 Å². The van der Waals surface area contributed by atoms with E-state index in [-0.39, 0.29) is 51.8 Å². The smallest absolute Gasteiger partial charge is 0.374 e. The average molecular weight is 540 g/mol. The van der Waals surface area contributed by atoms with Crippen LogP contribution in [0.15, 0.2) is 41.1 Å². The van der Waals surface area contributed by atoms with Gasteiger partial charge >= 0.3 is 6.18 Å². The van der Waals surface area contributed by atoms with Crippen molar-refractivity contribution in [2.45, 2.75) is 50.1 Å². The summed E-state index contributed by atoms with van der Waals surface area (Å²) in [5.41, 5.74) is -4.11. The van der Waals surface area contributed by atoms with E-state index in [1.807, 2.05) is 6.92 Å². The predicted molar refractivity (Wildman–Crippen MR) is 123 cm³/mol. The lowest BCUT2D eigenvalue weighted by atomic mass is 9.79. The Morgan fingerprint density at radius 2 is 1.88 bits per heavy atom. The number of allylic oxidation sites excluding steroid dienone is 3. The molecular formula is C23H21Cl3F4N2O2. The van der Waals surface area contributed by atoms with Crippen LogP contribution in [-0.2, 0) is 15.2 Å². The first-order chi connectivity index (χ1) is 15.9.